The van der Waals surface area contributed by atoms with Gasteiger partial charge in [-0.2, -0.15) is 0 Å². The van der Waals surface area contributed by atoms with Crippen molar-refractivity contribution in [2.45, 2.75) is 83.0 Å². The molecule has 0 N–H and O–H groups in total. The molecule has 2 aromatic carbocycles. The minimum absolute atomic E-state index is 0.487. The van der Waals surface area contributed by atoms with Crippen molar-refractivity contribution >= 4 is 16.5 Å². The molecule has 0 atom stereocenters. The van der Waals surface area contributed by atoms with Crippen LogP contribution in [-0.2, 0) is 7.05 Å². The van der Waals surface area contributed by atoms with Crippen LogP contribution in [0.2, 0.25) is 0 Å². The number of benzene rings is 2. The molecule has 5 rings (SSSR count). The van der Waals surface area contributed by atoms with Crippen molar-refractivity contribution in [3.8, 4) is 11.3 Å². The number of pyridine rings is 1. The number of hydrogen-bond donors (Lipinski definition) is 0. The zero-order valence-corrected chi connectivity index (χ0v) is 19.6. The molecule has 2 fully saturated rings. The predicted molar refractivity (Wildman–Crippen MR) is 133 cm³/mol. The largest absolute Gasteiger partial charge is 0.238 e. The third-order valence-electron chi connectivity index (χ3n) is 8.02. The summed E-state index contributed by atoms with van der Waals surface area (Å²) in [5, 5.41) is 2.13. The van der Waals surface area contributed by atoms with Gasteiger partial charge in [0.1, 0.15) is 8.42 Å². The summed E-state index contributed by atoms with van der Waals surface area (Å²) >= 11 is 0. The van der Waals surface area contributed by atoms with Crippen molar-refractivity contribution in [1.29, 1.82) is 0 Å². The number of nitrogens with zero attached hydrogens (tertiary/aromatic N) is 2. The molecule has 0 amide bonds. The highest BCUT2D eigenvalue weighted by Gasteiger charge is 2.26. The number of aromatic nitrogens is 1. The zero-order chi connectivity index (χ0) is 22.9. The van der Waals surface area contributed by atoms with Gasteiger partial charge in [0.2, 0.25) is 5.69 Å². The fourth-order valence-corrected chi connectivity index (χ4v) is 6.21. The molecule has 0 unspecified atom stereocenters. The molecule has 32 heavy (non-hydrogen) atoms. The molecule has 1 aromatic heterocycles. The van der Waals surface area contributed by atoms with Crippen molar-refractivity contribution < 1.29 is 5.94 Å². The van der Waals surface area contributed by atoms with Crippen LogP contribution >= 0.6 is 0 Å². The second-order valence-corrected chi connectivity index (χ2v) is 10.0. The molecule has 2 aliphatic rings. The zero-order valence-electron chi connectivity index (χ0n) is 20.6. The lowest BCUT2D eigenvalue weighted by Crippen LogP contribution is -2.31. The molecular formula is C30H35N2+. The first-order valence-electron chi connectivity index (χ1n) is 13.0. The van der Waals surface area contributed by atoms with Crippen molar-refractivity contribution in [2.24, 2.45) is 7.05 Å². The summed E-state index contributed by atoms with van der Waals surface area (Å²) < 4.78 is 10.7. The first-order chi connectivity index (χ1) is 16.1. The Morgan fingerprint density at radius 2 is 1.59 bits per heavy atom. The van der Waals surface area contributed by atoms with E-state index in [9.17, 15) is 0 Å². The monoisotopic (exact) mass is 424 g/mol. The molecule has 2 aliphatic carbocycles. The molecule has 2 saturated carbocycles. The minimum Gasteiger partial charge on any atom is -0.238 e. The Morgan fingerprint density at radius 1 is 0.906 bits per heavy atom. The van der Waals surface area contributed by atoms with Gasteiger partial charge in [-0.3, -0.25) is 0 Å². The van der Waals surface area contributed by atoms with Crippen LogP contribution in [0.1, 0.15) is 94.1 Å². The Morgan fingerprint density at radius 3 is 2.28 bits per heavy atom. The third-order valence-corrected chi connectivity index (χ3v) is 8.02. The minimum atomic E-state index is 0.487. The van der Waals surface area contributed by atoms with Gasteiger partial charge >= 0.3 is 0 Å². The Labute approximate surface area is 194 Å². The van der Waals surface area contributed by atoms with Crippen LogP contribution in [0.25, 0.3) is 26.9 Å². The van der Waals surface area contributed by atoms with Gasteiger partial charge in [-0.25, -0.2) is 9.41 Å². The van der Waals surface area contributed by atoms with Gasteiger partial charge in [-0.1, -0.05) is 56.7 Å². The Hall–Kier alpha value is -2.66. The first kappa shape index (κ1) is 20.0. The topological polar surface area (TPSA) is 8.24 Å². The number of fused-ring (bicyclic) bond motifs is 1. The smallest absolute Gasteiger partial charge is 0.220 e. The van der Waals surface area contributed by atoms with Gasteiger partial charge in [0.25, 0.3) is 0 Å². The fourth-order valence-electron chi connectivity index (χ4n) is 6.21. The molecule has 0 saturated heterocycles. The van der Waals surface area contributed by atoms with E-state index in [0.29, 0.717) is 23.7 Å². The van der Waals surface area contributed by atoms with E-state index in [1.54, 1.807) is 5.56 Å². The maximum atomic E-state index is 8.67. The first-order valence-corrected chi connectivity index (χ1v) is 12.5. The number of hydrogen-bond acceptors (Lipinski definition) is 0. The van der Waals surface area contributed by atoms with Gasteiger partial charge in [-0.05, 0) is 78.7 Å². The summed E-state index contributed by atoms with van der Waals surface area (Å²) in [5.41, 5.74) is 7.50. The Kier molecular flexibility index (Phi) is 5.66. The van der Waals surface area contributed by atoms with Crippen LogP contribution in [0, 0.1) is 13.5 Å². The van der Waals surface area contributed by atoms with Crippen LogP contribution in [0.15, 0.2) is 42.6 Å². The highest BCUT2D eigenvalue weighted by molar-refractivity contribution is 5.95. The molecular weight excluding hydrogens is 388 g/mol. The average Bonchev–Trinajstić information content (AvgIpc) is 2.86. The SMILES string of the molecule is [2H]c1cc2cc([N+]#[C-])ccc2c(-c2cc(C3CCCCC3)cc(C3CCCCC3)c2C)[n+]1C. The van der Waals surface area contributed by atoms with Gasteiger partial charge < -0.3 is 0 Å². The molecule has 2 nitrogen and oxygen atoms in total. The van der Waals surface area contributed by atoms with Crippen molar-refractivity contribution in [3.05, 3.63) is 70.7 Å². The van der Waals surface area contributed by atoms with Crippen molar-refractivity contribution in [1.82, 2.24) is 0 Å². The quantitative estimate of drug-likeness (QED) is 0.295. The van der Waals surface area contributed by atoms with E-state index >= 15 is 0 Å². The van der Waals surface area contributed by atoms with E-state index in [0.717, 1.165) is 16.5 Å². The highest BCUT2D eigenvalue weighted by Crippen LogP contribution is 2.42. The van der Waals surface area contributed by atoms with Gasteiger partial charge in [0.15, 0.2) is 11.9 Å². The molecule has 1 heterocycles. The van der Waals surface area contributed by atoms with Crippen LogP contribution in [0.5, 0.6) is 0 Å². The summed E-state index contributed by atoms with van der Waals surface area (Å²) in [4.78, 5) is 3.63. The van der Waals surface area contributed by atoms with E-state index in [1.165, 1.54) is 80.9 Å². The van der Waals surface area contributed by atoms with E-state index in [1.807, 2.05) is 29.8 Å². The predicted octanol–water partition coefficient (Wildman–Crippen LogP) is 8.29. The van der Waals surface area contributed by atoms with Gasteiger partial charge in [0.05, 0.1) is 17.5 Å². The standard InChI is InChI=1S/C30H35N2/c1-21-28(23-12-8-5-9-13-23)19-25(22-10-6-4-7-11-22)20-29(21)30-27-15-14-26(31-2)18-24(27)16-17-32(30)3/h14-20,22-23H,4-13H2,1,3H3/q+1/i17D. The summed E-state index contributed by atoms with van der Waals surface area (Å²) in [6.45, 7) is 9.73. The highest BCUT2D eigenvalue weighted by atomic mass is 14.9. The Bertz CT molecular complexity index is 1220. The van der Waals surface area contributed by atoms with Gasteiger partial charge in [0, 0.05) is 6.07 Å². The van der Waals surface area contributed by atoms with E-state index in [2.05, 4.69) is 30.0 Å². The summed E-state index contributed by atoms with van der Waals surface area (Å²) in [6, 6.07) is 12.9. The van der Waals surface area contributed by atoms with Crippen LogP contribution in [-0.4, -0.2) is 0 Å². The molecule has 2 heteroatoms. The summed E-state index contributed by atoms with van der Waals surface area (Å²) in [7, 11) is 2.02. The molecule has 0 aliphatic heterocycles. The van der Waals surface area contributed by atoms with Crippen molar-refractivity contribution in [3.63, 3.8) is 0 Å². The van der Waals surface area contributed by atoms with Crippen LogP contribution < -0.4 is 4.57 Å². The van der Waals surface area contributed by atoms with Crippen LogP contribution in [0.3, 0.4) is 0 Å². The second kappa shape index (κ2) is 9.07. The Balaban J connectivity index is 1.76. The van der Waals surface area contributed by atoms with E-state index in [4.69, 9.17) is 7.94 Å². The molecule has 0 radical (unpaired) electrons. The fraction of sp³-hybridized carbons (Fsp3) is 0.467. The summed E-state index contributed by atoms with van der Waals surface area (Å²) in [6.07, 6.45) is 13.8. The average molecular weight is 425 g/mol. The normalized spacial score (nSPS) is 18.5. The van der Waals surface area contributed by atoms with E-state index in [-0.39, 0.29) is 0 Å². The maximum Gasteiger partial charge on any atom is 0.220 e. The van der Waals surface area contributed by atoms with E-state index < -0.39 is 0 Å². The third kappa shape index (κ3) is 3.95. The van der Waals surface area contributed by atoms with Crippen molar-refractivity contribution in [2.75, 3.05) is 0 Å². The molecule has 3 aromatic rings. The maximum absolute atomic E-state index is 8.67. The number of rotatable bonds is 3. The lowest BCUT2D eigenvalue weighted by molar-refractivity contribution is -0.659. The molecule has 0 spiro atoms. The second-order valence-electron chi connectivity index (χ2n) is 10.0. The molecule has 164 valence electrons. The lowest BCUT2D eigenvalue weighted by Gasteiger charge is -2.28. The lowest BCUT2D eigenvalue weighted by atomic mass is 9.76. The molecule has 0 bridgehead atoms. The summed E-state index contributed by atoms with van der Waals surface area (Å²) in [5.74, 6) is 1.32. The van der Waals surface area contributed by atoms with Gasteiger partial charge in [-0.15, -0.1) is 0 Å². The van der Waals surface area contributed by atoms with Crippen LogP contribution in [0.4, 0.5) is 5.69 Å².